The van der Waals surface area contributed by atoms with Gasteiger partial charge in [-0.1, -0.05) is 6.92 Å². The normalized spacial score (nSPS) is 15.0. The summed E-state index contributed by atoms with van der Waals surface area (Å²) in [5, 5.41) is 0.876. The van der Waals surface area contributed by atoms with Crippen LogP contribution in [0, 0.1) is 0 Å². The van der Waals surface area contributed by atoms with Crippen LogP contribution in [0.15, 0.2) is 18.2 Å². The third-order valence-corrected chi connectivity index (χ3v) is 7.34. The Labute approximate surface area is 152 Å². The maximum absolute atomic E-state index is 12.3. The van der Waals surface area contributed by atoms with Crippen LogP contribution in [-0.4, -0.2) is 44.2 Å². The topological polar surface area (TPSA) is 68.7 Å². The lowest BCUT2D eigenvalue weighted by molar-refractivity contribution is 0.355. The highest BCUT2D eigenvalue weighted by Crippen LogP contribution is 2.36. The molecule has 1 aliphatic heterocycles. The fourth-order valence-corrected chi connectivity index (χ4v) is 5.56. The number of benzene rings is 1. The first kappa shape index (κ1) is 18.2. The number of nitrogens with zero attached hydrogens (tertiary/aromatic N) is 2. The molecule has 6 nitrogen and oxygen atoms in total. The summed E-state index contributed by atoms with van der Waals surface area (Å²) in [6, 6.07) is 5.69. The Hall–Kier alpha value is -1.64. The molecule has 0 fully saturated rings. The van der Waals surface area contributed by atoms with E-state index in [9.17, 15) is 8.42 Å². The molecule has 1 aromatic carbocycles. The van der Waals surface area contributed by atoms with E-state index in [-0.39, 0.29) is 5.75 Å². The summed E-state index contributed by atoms with van der Waals surface area (Å²) in [5.41, 5.74) is 1.94. The first-order valence-corrected chi connectivity index (χ1v) is 10.6. The molecule has 0 saturated heterocycles. The molecular weight excluding hydrogens is 360 g/mol. The summed E-state index contributed by atoms with van der Waals surface area (Å²) in [6.07, 6.45) is 1.29. The van der Waals surface area contributed by atoms with Crippen molar-refractivity contribution in [3.8, 4) is 22.1 Å². The largest absolute Gasteiger partial charge is 0.493 e. The van der Waals surface area contributed by atoms with Gasteiger partial charge in [-0.3, -0.25) is 0 Å². The Morgan fingerprint density at radius 2 is 2.00 bits per heavy atom. The first-order valence-electron chi connectivity index (χ1n) is 8.17. The van der Waals surface area contributed by atoms with Crippen LogP contribution in [0.3, 0.4) is 0 Å². The smallest absolute Gasteiger partial charge is 0.214 e. The average molecular weight is 383 g/mol. The number of methoxy groups -OCH3 is 2. The van der Waals surface area contributed by atoms with Crippen LogP contribution in [0.1, 0.15) is 23.9 Å². The van der Waals surface area contributed by atoms with Crippen LogP contribution in [0.25, 0.3) is 10.6 Å². The predicted octanol–water partition coefficient (Wildman–Crippen LogP) is 2.93. The van der Waals surface area contributed by atoms with E-state index in [2.05, 4.69) is 0 Å². The van der Waals surface area contributed by atoms with E-state index in [4.69, 9.17) is 14.5 Å². The van der Waals surface area contributed by atoms with Crippen LogP contribution >= 0.6 is 11.3 Å². The number of rotatable bonds is 6. The first-order chi connectivity index (χ1) is 12.0. The number of hydrogen-bond acceptors (Lipinski definition) is 6. The molecule has 136 valence electrons. The molecule has 0 atom stereocenters. The number of fused-ring (bicyclic) bond motifs is 1. The minimum absolute atomic E-state index is 0.198. The zero-order valence-electron chi connectivity index (χ0n) is 14.6. The Bertz CT molecular complexity index is 862. The van der Waals surface area contributed by atoms with Gasteiger partial charge in [0.15, 0.2) is 11.5 Å². The van der Waals surface area contributed by atoms with Crippen molar-refractivity contribution in [3.05, 3.63) is 28.8 Å². The summed E-state index contributed by atoms with van der Waals surface area (Å²) in [7, 11) is 0.0288. The molecule has 0 unspecified atom stereocenters. The standard InChI is InChI=1S/C17H22N2O4S2/c1-4-9-25(20,21)19-8-7-13-16(11-19)24-17(18-13)12-5-6-14(22-2)15(10-12)23-3/h5-6,10H,4,7-9,11H2,1-3H3. The maximum Gasteiger partial charge on any atom is 0.214 e. The number of sulfonamides is 1. The van der Waals surface area contributed by atoms with Crippen LogP contribution < -0.4 is 9.47 Å². The van der Waals surface area contributed by atoms with Crippen molar-refractivity contribution < 1.29 is 17.9 Å². The van der Waals surface area contributed by atoms with Crippen LogP contribution in [-0.2, 0) is 23.0 Å². The van der Waals surface area contributed by atoms with E-state index in [0.717, 1.165) is 21.1 Å². The molecular formula is C17H22N2O4S2. The van der Waals surface area contributed by atoms with Gasteiger partial charge in [-0.2, -0.15) is 4.31 Å². The predicted molar refractivity (Wildman–Crippen MR) is 98.8 cm³/mol. The molecule has 25 heavy (non-hydrogen) atoms. The van der Waals surface area contributed by atoms with Gasteiger partial charge in [0.1, 0.15) is 5.01 Å². The highest BCUT2D eigenvalue weighted by molar-refractivity contribution is 7.89. The van der Waals surface area contributed by atoms with E-state index in [1.807, 2.05) is 25.1 Å². The van der Waals surface area contributed by atoms with Crippen molar-refractivity contribution in [2.45, 2.75) is 26.3 Å². The Kier molecular flexibility index (Phi) is 5.31. The summed E-state index contributed by atoms with van der Waals surface area (Å²) in [4.78, 5) is 5.74. The minimum atomic E-state index is -3.18. The number of ether oxygens (including phenoxy) is 2. The van der Waals surface area contributed by atoms with Gasteiger partial charge >= 0.3 is 0 Å². The molecule has 0 radical (unpaired) electrons. The van der Waals surface area contributed by atoms with Gasteiger partial charge in [-0.25, -0.2) is 13.4 Å². The molecule has 0 N–H and O–H groups in total. The molecule has 0 aliphatic carbocycles. The van der Waals surface area contributed by atoms with Crippen LogP contribution in [0.2, 0.25) is 0 Å². The molecule has 0 spiro atoms. The van der Waals surface area contributed by atoms with Gasteiger partial charge in [0.05, 0.1) is 25.7 Å². The molecule has 2 heterocycles. The molecule has 2 aromatic rings. The summed E-state index contributed by atoms with van der Waals surface area (Å²) in [6.45, 7) is 2.81. The zero-order valence-corrected chi connectivity index (χ0v) is 16.2. The van der Waals surface area contributed by atoms with E-state index in [1.165, 1.54) is 0 Å². The van der Waals surface area contributed by atoms with Crippen LogP contribution in [0.4, 0.5) is 0 Å². The highest BCUT2D eigenvalue weighted by atomic mass is 32.2. The van der Waals surface area contributed by atoms with Gasteiger partial charge in [0.2, 0.25) is 10.0 Å². The second kappa shape index (κ2) is 7.31. The number of aromatic nitrogens is 1. The molecule has 8 heteroatoms. The van der Waals surface area contributed by atoms with E-state index >= 15 is 0 Å². The lowest BCUT2D eigenvalue weighted by Gasteiger charge is -2.25. The number of thiazole rings is 1. The average Bonchev–Trinajstić information content (AvgIpc) is 3.04. The molecule has 0 bridgehead atoms. The van der Waals surface area contributed by atoms with Gasteiger partial charge in [-0.05, 0) is 24.6 Å². The van der Waals surface area contributed by atoms with Crippen molar-refractivity contribution >= 4 is 21.4 Å². The second-order valence-electron chi connectivity index (χ2n) is 5.86. The van der Waals surface area contributed by atoms with Crippen LogP contribution in [0.5, 0.6) is 11.5 Å². The van der Waals surface area contributed by atoms with Gasteiger partial charge < -0.3 is 9.47 Å². The van der Waals surface area contributed by atoms with E-state index in [1.54, 1.807) is 29.9 Å². The summed E-state index contributed by atoms with van der Waals surface area (Å²) in [5.74, 6) is 1.52. The van der Waals surface area contributed by atoms with Crippen molar-refractivity contribution in [2.24, 2.45) is 0 Å². The fraction of sp³-hybridized carbons (Fsp3) is 0.471. The van der Waals surface area contributed by atoms with Crippen molar-refractivity contribution in [2.75, 3.05) is 26.5 Å². The Morgan fingerprint density at radius 1 is 1.24 bits per heavy atom. The van der Waals surface area contributed by atoms with E-state index < -0.39 is 10.0 Å². The molecule has 3 rings (SSSR count). The van der Waals surface area contributed by atoms with Crippen molar-refractivity contribution in [1.82, 2.24) is 9.29 Å². The number of hydrogen-bond donors (Lipinski definition) is 0. The molecule has 1 aromatic heterocycles. The SMILES string of the molecule is CCCS(=O)(=O)N1CCc2nc(-c3ccc(OC)c(OC)c3)sc2C1. The second-order valence-corrected chi connectivity index (χ2v) is 9.03. The molecule has 1 aliphatic rings. The third-order valence-electron chi connectivity index (χ3n) is 4.18. The van der Waals surface area contributed by atoms with Gasteiger partial charge in [0.25, 0.3) is 0 Å². The Morgan fingerprint density at radius 3 is 2.68 bits per heavy atom. The maximum atomic E-state index is 12.3. The van der Waals surface area contributed by atoms with Crippen molar-refractivity contribution in [1.29, 1.82) is 0 Å². The van der Waals surface area contributed by atoms with Gasteiger partial charge in [0, 0.05) is 30.0 Å². The van der Waals surface area contributed by atoms with Crippen molar-refractivity contribution in [3.63, 3.8) is 0 Å². The van der Waals surface area contributed by atoms with E-state index in [0.29, 0.717) is 37.4 Å². The monoisotopic (exact) mass is 382 g/mol. The highest BCUT2D eigenvalue weighted by Gasteiger charge is 2.28. The lowest BCUT2D eigenvalue weighted by Crippen LogP contribution is -2.36. The molecule has 0 saturated carbocycles. The van der Waals surface area contributed by atoms with Gasteiger partial charge in [-0.15, -0.1) is 11.3 Å². The molecule has 0 amide bonds. The fourth-order valence-electron chi connectivity index (χ4n) is 2.89. The minimum Gasteiger partial charge on any atom is -0.493 e. The zero-order chi connectivity index (χ0) is 18.0. The lowest BCUT2D eigenvalue weighted by atomic mass is 10.2. The summed E-state index contributed by atoms with van der Waals surface area (Å²) >= 11 is 1.55. The third kappa shape index (κ3) is 3.65. The summed E-state index contributed by atoms with van der Waals surface area (Å²) < 4.78 is 36.8. The Balaban J connectivity index is 1.88. The quantitative estimate of drug-likeness (QED) is 0.768.